The number of methoxy groups -OCH3 is 1. The first-order valence-corrected chi connectivity index (χ1v) is 16.2. The number of hydrogen-bond acceptors (Lipinski definition) is 4. The van der Waals surface area contributed by atoms with Gasteiger partial charge in [-0.25, -0.2) is 0 Å². The van der Waals surface area contributed by atoms with Gasteiger partial charge in [0.05, 0.1) is 25.4 Å². The quantitative estimate of drug-likeness (QED) is 0.318. The molecule has 0 aromatic heterocycles. The van der Waals surface area contributed by atoms with Crippen LogP contribution >= 0.6 is 0 Å². The summed E-state index contributed by atoms with van der Waals surface area (Å²) in [6, 6.07) is 8.22. The van der Waals surface area contributed by atoms with Gasteiger partial charge in [0.15, 0.2) is 0 Å². The fourth-order valence-electron chi connectivity index (χ4n) is 10.5. The van der Waals surface area contributed by atoms with Crippen molar-refractivity contribution in [3.8, 4) is 5.75 Å². The number of benzene rings is 1. The van der Waals surface area contributed by atoms with E-state index in [4.69, 9.17) is 9.47 Å². The van der Waals surface area contributed by atoms with Gasteiger partial charge in [-0.2, -0.15) is 0 Å². The first kappa shape index (κ1) is 29.4. The Kier molecular flexibility index (Phi) is 8.78. The molecule has 1 aromatic carbocycles. The van der Waals surface area contributed by atoms with E-state index in [1.54, 1.807) is 7.11 Å². The van der Waals surface area contributed by atoms with E-state index in [-0.39, 0.29) is 12.7 Å². The van der Waals surface area contributed by atoms with Crippen molar-refractivity contribution in [2.45, 2.75) is 123 Å². The predicted molar refractivity (Wildman–Crippen MR) is 158 cm³/mol. The van der Waals surface area contributed by atoms with Crippen LogP contribution in [0, 0.1) is 46.3 Å². The summed E-state index contributed by atoms with van der Waals surface area (Å²) in [5, 5.41) is 20.8. The Morgan fingerprint density at radius 1 is 0.949 bits per heavy atom. The van der Waals surface area contributed by atoms with Crippen LogP contribution in [0.25, 0.3) is 0 Å². The molecule has 0 amide bonds. The monoisotopic (exact) mass is 540 g/mol. The molecular formula is C35H56O4. The van der Waals surface area contributed by atoms with E-state index in [9.17, 15) is 10.2 Å². The van der Waals surface area contributed by atoms with Crippen LogP contribution < -0.4 is 4.74 Å². The van der Waals surface area contributed by atoms with Crippen molar-refractivity contribution in [2.24, 2.45) is 46.3 Å². The van der Waals surface area contributed by atoms with E-state index < -0.39 is 5.60 Å². The van der Waals surface area contributed by atoms with Crippen LogP contribution in [0.2, 0.25) is 0 Å². The lowest BCUT2D eigenvalue weighted by molar-refractivity contribution is -0.155. The summed E-state index contributed by atoms with van der Waals surface area (Å²) < 4.78 is 12.0. The smallest absolute Gasteiger partial charge is 0.118 e. The summed E-state index contributed by atoms with van der Waals surface area (Å²) in [6.45, 7) is 10.7. The van der Waals surface area contributed by atoms with Gasteiger partial charge in [-0.3, -0.25) is 0 Å². The van der Waals surface area contributed by atoms with E-state index in [0.29, 0.717) is 35.2 Å². The standard InChI is InChI=1S/C35H56O4/c1-6-35(37)20-19-33(3)26(22-35)11-14-28-30-16-15-29(34(30,4)18-17-31(28)33)24(2)32(8-7-21-36)39-23-25-9-12-27(38-5)13-10-25/h9-10,12-13,24,26,28-32,36-37H,6-8,11,14-23H2,1-5H3/t24-,26+,28-,29+,30-,31-,32?,33-,34+,35+/m0/s1. The molecule has 4 aliphatic rings. The third-order valence-electron chi connectivity index (χ3n) is 13.0. The fourth-order valence-corrected chi connectivity index (χ4v) is 10.5. The van der Waals surface area contributed by atoms with Crippen molar-refractivity contribution in [2.75, 3.05) is 13.7 Å². The summed E-state index contributed by atoms with van der Waals surface area (Å²) in [4.78, 5) is 0. The molecule has 0 aliphatic heterocycles. The topological polar surface area (TPSA) is 58.9 Å². The first-order chi connectivity index (χ1) is 18.7. The summed E-state index contributed by atoms with van der Waals surface area (Å²) in [6.07, 6.45) is 14.2. The predicted octanol–water partition coefficient (Wildman–Crippen LogP) is 7.79. The molecule has 0 saturated heterocycles. The Hall–Kier alpha value is -1.10. The minimum absolute atomic E-state index is 0.177. The van der Waals surface area contributed by atoms with Gasteiger partial charge in [-0.1, -0.05) is 39.8 Å². The van der Waals surface area contributed by atoms with Crippen LogP contribution in [0.4, 0.5) is 0 Å². The van der Waals surface area contributed by atoms with Crippen LogP contribution in [0.5, 0.6) is 5.75 Å². The van der Waals surface area contributed by atoms with Gasteiger partial charge >= 0.3 is 0 Å². The largest absolute Gasteiger partial charge is 0.497 e. The highest BCUT2D eigenvalue weighted by Crippen LogP contribution is 2.69. The molecule has 2 N–H and O–H groups in total. The molecule has 0 spiro atoms. The lowest BCUT2D eigenvalue weighted by atomic mass is 9.43. The maximum Gasteiger partial charge on any atom is 0.118 e. The molecule has 5 rings (SSSR count). The van der Waals surface area contributed by atoms with Crippen molar-refractivity contribution < 1.29 is 19.7 Å². The van der Waals surface area contributed by atoms with Crippen molar-refractivity contribution in [1.82, 2.24) is 0 Å². The van der Waals surface area contributed by atoms with Crippen molar-refractivity contribution in [1.29, 1.82) is 0 Å². The van der Waals surface area contributed by atoms with E-state index in [1.165, 1.54) is 50.5 Å². The van der Waals surface area contributed by atoms with Crippen LogP contribution in [0.15, 0.2) is 24.3 Å². The van der Waals surface area contributed by atoms with Gasteiger partial charge < -0.3 is 19.7 Å². The number of ether oxygens (including phenoxy) is 2. The number of aliphatic hydroxyl groups excluding tert-OH is 1. The Morgan fingerprint density at radius 3 is 2.38 bits per heavy atom. The minimum atomic E-state index is -0.413. The summed E-state index contributed by atoms with van der Waals surface area (Å²) in [5.41, 5.74) is 1.58. The van der Waals surface area contributed by atoms with Gasteiger partial charge in [0.25, 0.3) is 0 Å². The van der Waals surface area contributed by atoms with Crippen LogP contribution in [-0.4, -0.2) is 35.6 Å². The highest BCUT2D eigenvalue weighted by molar-refractivity contribution is 5.26. The van der Waals surface area contributed by atoms with E-state index in [1.807, 2.05) is 12.1 Å². The van der Waals surface area contributed by atoms with Gasteiger partial charge in [0.2, 0.25) is 0 Å². The number of rotatable bonds is 10. The molecule has 4 saturated carbocycles. The van der Waals surface area contributed by atoms with Crippen LogP contribution in [0.3, 0.4) is 0 Å². The lowest BCUT2D eigenvalue weighted by Crippen LogP contribution is -2.56. The Bertz CT molecular complexity index is 946. The van der Waals surface area contributed by atoms with Crippen molar-refractivity contribution >= 4 is 0 Å². The molecule has 4 nitrogen and oxygen atoms in total. The summed E-state index contributed by atoms with van der Waals surface area (Å²) >= 11 is 0. The molecule has 220 valence electrons. The molecule has 39 heavy (non-hydrogen) atoms. The Morgan fingerprint density at radius 2 is 1.69 bits per heavy atom. The second-order valence-corrected chi connectivity index (χ2v) is 14.6. The second kappa shape index (κ2) is 11.6. The normalized spacial score (nSPS) is 41.3. The molecular weight excluding hydrogens is 484 g/mol. The van der Waals surface area contributed by atoms with Gasteiger partial charge in [0.1, 0.15) is 5.75 Å². The molecule has 0 heterocycles. The molecule has 0 bridgehead atoms. The van der Waals surface area contributed by atoms with Crippen molar-refractivity contribution in [3.05, 3.63) is 29.8 Å². The van der Waals surface area contributed by atoms with Gasteiger partial charge in [-0.15, -0.1) is 0 Å². The summed E-state index contributed by atoms with van der Waals surface area (Å²) in [7, 11) is 1.70. The van der Waals surface area contributed by atoms with Gasteiger partial charge in [0, 0.05) is 6.61 Å². The zero-order valence-electron chi connectivity index (χ0n) is 25.5. The SMILES string of the molecule is CC[C@@]1(O)CC[C@@]2(C)[C@H](CC[C@@H]3[C@@H]2CC[C@]2(C)[C@@H]([C@H](C)C(CCCO)OCc4ccc(OC)cc4)CC[C@@H]32)C1. The molecule has 1 unspecified atom stereocenters. The van der Waals surface area contributed by atoms with Crippen LogP contribution in [0.1, 0.15) is 110 Å². The highest BCUT2D eigenvalue weighted by atomic mass is 16.5. The van der Waals surface area contributed by atoms with Crippen molar-refractivity contribution in [3.63, 3.8) is 0 Å². The molecule has 10 atom stereocenters. The zero-order valence-corrected chi connectivity index (χ0v) is 25.5. The van der Waals surface area contributed by atoms with Crippen LogP contribution in [-0.2, 0) is 11.3 Å². The number of fused-ring (bicyclic) bond motifs is 5. The average molecular weight is 541 g/mol. The third-order valence-corrected chi connectivity index (χ3v) is 13.0. The maximum atomic E-state index is 11.1. The zero-order chi connectivity index (χ0) is 27.8. The molecule has 4 fully saturated rings. The second-order valence-electron chi connectivity index (χ2n) is 14.6. The molecule has 4 heteroatoms. The number of hydrogen-bond donors (Lipinski definition) is 2. The lowest BCUT2D eigenvalue weighted by Gasteiger charge is -2.62. The third kappa shape index (κ3) is 5.44. The average Bonchev–Trinajstić information content (AvgIpc) is 3.30. The van der Waals surface area contributed by atoms with Gasteiger partial charge in [-0.05, 0) is 141 Å². The Labute approximate surface area is 238 Å². The fraction of sp³-hybridized carbons (Fsp3) is 0.829. The molecule has 0 radical (unpaired) electrons. The molecule has 4 aliphatic carbocycles. The number of aliphatic hydroxyl groups is 2. The van der Waals surface area contributed by atoms with E-state index in [0.717, 1.165) is 55.6 Å². The van der Waals surface area contributed by atoms with E-state index in [2.05, 4.69) is 39.8 Å². The summed E-state index contributed by atoms with van der Waals surface area (Å²) in [5.74, 6) is 5.27. The van der Waals surface area contributed by atoms with E-state index >= 15 is 0 Å². The molecule has 1 aromatic rings. The minimum Gasteiger partial charge on any atom is -0.497 e. The Balaban J connectivity index is 1.28. The highest BCUT2D eigenvalue weighted by Gasteiger charge is 2.61. The first-order valence-electron chi connectivity index (χ1n) is 16.2. The maximum absolute atomic E-state index is 11.1.